The van der Waals surface area contributed by atoms with Crippen molar-refractivity contribution in [3.63, 3.8) is 0 Å². The number of pyridine rings is 1. The summed E-state index contributed by atoms with van der Waals surface area (Å²) in [6, 6.07) is 4.93. The molecular weight excluding hydrogens is 196 g/mol. The van der Waals surface area contributed by atoms with Crippen LogP contribution < -0.4 is 5.32 Å². The van der Waals surface area contributed by atoms with Gasteiger partial charge in [0.25, 0.3) is 0 Å². The molecule has 2 heteroatoms. The molecule has 0 spiro atoms. The van der Waals surface area contributed by atoms with Crippen LogP contribution in [0.1, 0.15) is 37.7 Å². The minimum Gasteiger partial charge on any atom is -0.317 e. The van der Waals surface area contributed by atoms with Crippen LogP contribution in [0, 0.1) is 5.92 Å². The van der Waals surface area contributed by atoms with Gasteiger partial charge in [0.1, 0.15) is 0 Å². The summed E-state index contributed by atoms with van der Waals surface area (Å²) in [6.45, 7) is 0. The van der Waals surface area contributed by atoms with Crippen LogP contribution in [0.15, 0.2) is 24.5 Å². The lowest BCUT2D eigenvalue weighted by Crippen LogP contribution is -2.25. The van der Waals surface area contributed by atoms with Gasteiger partial charge in [0, 0.05) is 18.4 Å². The summed E-state index contributed by atoms with van der Waals surface area (Å²) in [7, 11) is 2.09. The number of aryl methyl sites for hydroxylation is 1. The van der Waals surface area contributed by atoms with E-state index >= 15 is 0 Å². The Hall–Kier alpha value is -0.890. The zero-order valence-electron chi connectivity index (χ0n) is 10.2. The van der Waals surface area contributed by atoms with Gasteiger partial charge in [-0.1, -0.05) is 12.8 Å². The van der Waals surface area contributed by atoms with Gasteiger partial charge in [-0.3, -0.25) is 4.98 Å². The summed E-state index contributed by atoms with van der Waals surface area (Å²) in [5, 5.41) is 3.44. The van der Waals surface area contributed by atoms with E-state index < -0.39 is 0 Å². The summed E-state index contributed by atoms with van der Waals surface area (Å²) in [4.78, 5) is 4.04. The van der Waals surface area contributed by atoms with E-state index in [-0.39, 0.29) is 0 Å². The molecule has 2 nitrogen and oxygen atoms in total. The molecule has 0 saturated heterocycles. The molecule has 1 aromatic heterocycles. The van der Waals surface area contributed by atoms with Crippen LogP contribution in [0.2, 0.25) is 0 Å². The second-order valence-corrected chi connectivity index (χ2v) is 4.90. The summed E-state index contributed by atoms with van der Waals surface area (Å²) >= 11 is 0. The van der Waals surface area contributed by atoms with Gasteiger partial charge in [0.2, 0.25) is 0 Å². The highest BCUT2D eigenvalue weighted by Crippen LogP contribution is 2.34. The van der Waals surface area contributed by atoms with Crippen LogP contribution in [0.3, 0.4) is 0 Å². The molecule has 16 heavy (non-hydrogen) atoms. The molecular formula is C14H22N2. The second-order valence-electron chi connectivity index (χ2n) is 4.90. The predicted molar refractivity (Wildman–Crippen MR) is 67.4 cm³/mol. The van der Waals surface area contributed by atoms with E-state index in [4.69, 9.17) is 0 Å². The highest BCUT2D eigenvalue weighted by Gasteiger charge is 2.21. The Labute approximate surface area is 98.5 Å². The topological polar surface area (TPSA) is 24.9 Å². The number of hydrogen-bond acceptors (Lipinski definition) is 2. The van der Waals surface area contributed by atoms with E-state index in [0.29, 0.717) is 6.04 Å². The van der Waals surface area contributed by atoms with E-state index in [2.05, 4.69) is 29.5 Å². The maximum Gasteiger partial charge on any atom is 0.0270 e. The highest BCUT2D eigenvalue weighted by atomic mass is 14.9. The molecule has 1 aliphatic carbocycles. The molecule has 1 unspecified atom stereocenters. The Morgan fingerprint density at radius 3 is 2.69 bits per heavy atom. The van der Waals surface area contributed by atoms with Gasteiger partial charge >= 0.3 is 0 Å². The number of aromatic nitrogens is 1. The van der Waals surface area contributed by atoms with Crippen LogP contribution in [-0.4, -0.2) is 18.1 Å². The Bertz CT molecular complexity index is 293. The molecule has 1 fully saturated rings. The van der Waals surface area contributed by atoms with Crippen molar-refractivity contribution in [2.45, 2.75) is 44.6 Å². The van der Waals surface area contributed by atoms with Crippen molar-refractivity contribution in [3.8, 4) is 0 Å². The zero-order chi connectivity index (χ0) is 11.2. The van der Waals surface area contributed by atoms with Gasteiger partial charge in [0.15, 0.2) is 0 Å². The van der Waals surface area contributed by atoms with Gasteiger partial charge in [-0.05, 0) is 56.3 Å². The van der Waals surface area contributed by atoms with Crippen molar-refractivity contribution < 1.29 is 0 Å². The average Bonchev–Trinajstić information content (AvgIpc) is 3.15. The molecule has 0 aliphatic heterocycles. The van der Waals surface area contributed by atoms with Gasteiger partial charge in [-0.15, -0.1) is 0 Å². The zero-order valence-corrected chi connectivity index (χ0v) is 10.2. The molecule has 1 atom stereocenters. The molecule has 0 bridgehead atoms. The first-order valence-electron chi connectivity index (χ1n) is 6.44. The first kappa shape index (κ1) is 11.6. The minimum atomic E-state index is 0.689. The van der Waals surface area contributed by atoms with Crippen LogP contribution in [0.25, 0.3) is 0 Å². The Morgan fingerprint density at radius 1 is 1.31 bits per heavy atom. The lowest BCUT2D eigenvalue weighted by atomic mass is 10.0. The molecule has 2 rings (SSSR count). The van der Waals surface area contributed by atoms with Gasteiger partial charge < -0.3 is 5.32 Å². The van der Waals surface area contributed by atoms with Crippen LogP contribution in [0.5, 0.6) is 0 Å². The standard InChI is InChI=1S/C14H22N2/c1-15-14(6-4-12-2-3-12)7-5-13-8-10-16-11-9-13/h8-12,14-15H,2-7H2,1H3. The van der Waals surface area contributed by atoms with E-state index in [1.54, 1.807) is 0 Å². The Kier molecular flexibility index (Phi) is 4.34. The molecule has 88 valence electrons. The number of nitrogens with zero attached hydrogens (tertiary/aromatic N) is 1. The summed E-state index contributed by atoms with van der Waals surface area (Å²) in [5.41, 5.74) is 1.40. The molecule has 0 amide bonds. The van der Waals surface area contributed by atoms with Gasteiger partial charge in [0.05, 0.1) is 0 Å². The van der Waals surface area contributed by atoms with Crippen molar-refractivity contribution in [1.29, 1.82) is 0 Å². The number of hydrogen-bond donors (Lipinski definition) is 1. The van der Waals surface area contributed by atoms with Crippen molar-refractivity contribution in [3.05, 3.63) is 30.1 Å². The largest absolute Gasteiger partial charge is 0.317 e. The van der Waals surface area contributed by atoms with Crippen molar-refractivity contribution >= 4 is 0 Å². The molecule has 1 heterocycles. The van der Waals surface area contributed by atoms with Crippen molar-refractivity contribution in [2.24, 2.45) is 5.92 Å². The van der Waals surface area contributed by atoms with Crippen molar-refractivity contribution in [2.75, 3.05) is 7.05 Å². The summed E-state index contributed by atoms with van der Waals surface area (Å²) in [6.07, 6.45) is 11.9. The normalized spacial score (nSPS) is 17.3. The Morgan fingerprint density at radius 2 is 2.06 bits per heavy atom. The maximum atomic E-state index is 4.04. The monoisotopic (exact) mass is 218 g/mol. The Balaban J connectivity index is 1.69. The third-order valence-electron chi connectivity index (χ3n) is 3.56. The lowest BCUT2D eigenvalue weighted by Gasteiger charge is -2.15. The summed E-state index contributed by atoms with van der Waals surface area (Å²) < 4.78 is 0. The molecule has 0 radical (unpaired) electrons. The van der Waals surface area contributed by atoms with Gasteiger partial charge in [-0.25, -0.2) is 0 Å². The maximum absolute atomic E-state index is 4.04. The third-order valence-corrected chi connectivity index (χ3v) is 3.56. The number of rotatable bonds is 7. The van der Waals surface area contributed by atoms with Crippen LogP contribution >= 0.6 is 0 Å². The molecule has 1 saturated carbocycles. The molecule has 1 aliphatic rings. The lowest BCUT2D eigenvalue weighted by molar-refractivity contribution is 0.460. The van der Waals surface area contributed by atoms with Gasteiger partial charge in [-0.2, -0.15) is 0 Å². The fourth-order valence-electron chi connectivity index (χ4n) is 2.17. The van der Waals surface area contributed by atoms with E-state index in [0.717, 1.165) is 5.92 Å². The third kappa shape index (κ3) is 3.93. The smallest absolute Gasteiger partial charge is 0.0270 e. The summed E-state index contributed by atoms with van der Waals surface area (Å²) in [5.74, 6) is 1.05. The first-order chi connectivity index (χ1) is 7.88. The van der Waals surface area contributed by atoms with Crippen LogP contribution in [0.4, 0.5) is 0 Å². The first-order valence-corrected chi connectivity index (χ1v) is 6.44. The second kappa shape index (κ2) is 6.00. The van der Waals surface area contributed by atoms with E-state index in [1.807, 2.05) is 12.4 Å². The predicted octanol–water partition coefficient (Wildman–Crippen LogP) is 2.79. The minimum absolute atomic E-state index is 0.689. The average molecular weight is 218 g/mol. The van der Waals surface area contributed by atoms with Crippen molar-refractivity contribution in [1.82, 2.24) is 10.3 Å². The van der Waals surface area contributed by atoms with Crippen LogP contribution in [-0.2, 0) is 6.42 Å². The fourth-order valence-corrected chi connectivity index (χ4v) is 2.17. The molecule has 1 N–H and O–H groups in total. The number of nitrogens with one attached hydrogen (secondary N) is 1. The van der Waals surface area contributed by atoms with E-state index in [9.17, 15) is 0 Å². The quantitative estimate of drug-likeness (QED) is 0.761. The van der Waals surface area contributed by atoms with E-state index in [1.165, 1.54) is 44.1 Å². The molecule has 1 aromatic rings. The molecule has 0 aromatic carbocycles. The fraction of sp³-hybridized carbons (Fsp3) is 0.643. The SMILES string of the molecule is CNC(CCc1ccncc1)CCC1CC1. The highest BCUT2D eigenvalue weighted by molar-refractivity contribution is 5.09.